The number of aryl methyl sites for hydroxylation is 1. The van der Waals surface area contributed by atoms with Gasteiger partial charge in [0, 0.05) is 5.56 Å². The molecule has 0 spiro atoms. The predicted molar refractivity (Wildman–Crippen MR) is 55.7 cm³/mol. The topological polar surface area (TPSA) is 52.0 Å². The van der Waals surface area contributed by atoms with Gasteiger partial charge in [0.05, 0.1) is 6.20 Å². The van der Waals surface area contributed by atoms with Crippen LogP contribution in [0.25, 0.3) is 11.3 Å². The van der Waals surface area contributed by atoms with Gasteiger partial charge in [-0.2, -0.15) is 0 Å². The van der Waals surface area contributed by atoms with E-state index in [0.717, 1.165) is 17.7 Å². The lowest BCUT2D eigenvalue weighted by Crippen LogP contribution is -1.85. The lowest BCUT2D eigenvalue weighted by atomic mass is 10.0. The van der Waals surface area contributed by atoms with Crippen LogP contribution in [0.2, 0.25) is 0 Å². The first-order valence-corrected chi connectivity index (χ1v) is 4.61. The van der Waals surface area contributed by atoms with E-state index >= 15 is 0 Å². The van der Waals surface area contributed by atoms with Crippen molar-refractivity contribution in [3.8, 4) is 11.3 Å². The van der Waals surface area contributed by atoms with Crippen molar-refractivity contribution >= 4 is 6.01 Å². The van der Waals surface area contributed by atoms with Crippen LogP contribution < -0.4 is 5.73 Å². The van der Waals surface area contributed by atoms with Crippen LogP contribution in [0.5, 0.6) is 0 Å². The van der Waals surface area contributed by atoms with Crippen LogP contribution >= 0.6 is 0 Å². The first-order valence-electron chi connectivity index (χ1n) is 4.61. The van der Waals surface area contributed by atoms with Crippen molar-refractivity contribution in [3.05, 3.63) is 36.0 Å². The fraction of sp³-hybridized carbons (Fsp3) is 0.182. The lowest BCUT2D eigenvalue weighted by molar-refractivity contribution is 0.594. The Balaban J connectivity index is 2.50. The number of nitrogens with zero attached hydrogens (tertiary/aromatic N) is 1. The minimum Gasteiger partial charge on any atom is -0.424 e. The summed E-state index contributed by atoms with van der Waals surface area (Å²) in [5.74, 6) is 0.736. The van der Waals surface area contributed by atoms with Crippen LogP contribution in [0.4, 0.5) is 6.01 Å². The summed E-state index contributed by atoms with van der Waals surface area (Å²) in [6.07, 6.45) is 2.63. The molecular weight excluding hydrogens is 176 g/mol. The molecule has 0 amide bonds. The van der Waals surface area contributed by atoms with Gasteiger partial charge in [0.1, 0.15) is 0 Å². The van der Waals surface area contributed by atoms with Crippen LogP contribution in [-0.2, 0) is 6.42 Å². The van der Waals surface area contributed by atoms with Gasteiger partial charge in [-0.1, -0.05) is 31.2 Å². The highest BCUT2D eigenvalue weighted by molar-refractivity contribution is 5.61. The SMILES string of the molecule is CCc1ccccc1-c1cnc(N)o1. The van der Waals surface area contributed by atoms with Crippen LogP contribution in [-0.4, -0.2) is 4.98 Å². The van der Waals surface area contributed by atoms with Gasteiger partial charge in [0.2, 0.25) is 0 Å². The van der Waals surface area contributed by atoms with Crippen LogP contribution in [0.1, 0.15) is 12.5 Å². The monoisotopic (exact) mass is 188 g/mol. The van der Waals surface area contributed by atoms with E-state index in [1.807, 2.05) is 18.2 Å². The number of aromatic nitrogens is 1. The van der Waals surface area contributed by atoms with E-state index in [1.54, 1.807) is 6.20 Å². The number of oxazole rings is 1. The number of hydrogen-bond acceptors (Lipinski definition) is 3. The van der Waals surface area contributed by atoms with E-state index in [2.05, 4.69) is 18.0 Å². The molecule has 0 atom stereocenters. The molecule has 0 saturated carbocycles. The second kappa shape index (κ2) is 3.54. The molecular formula is C11H12N2O. The van der Waals surface area contributed by atoms with Gasteiger partial charge in [-0.05, 0) is 12.0 Å². The largest absolute Gasteiger partial charge is 0.424 e. The summed E-state index contributed by atoms with van der Waals surface area (Å²) in [5, 5.41) is 0. The van der Waals surface area contributed by atoms with E-state index < -0.39 is 0 Å². The lowest BCUT2D eigenvalue weighted by Gasteiger charge is -2.02. The van der Waals surface area contributed by atoms with Gasteiger partial charge >= 0.3 is 0 Å². The third kappa shape index (κ3) is 1.48. The van der Waals surface area contributed by atoms with Crippen molar-refractivity contribution in [2.45, 2.75) is 13.3 Å². The molecule has 3 heteroatoms. The summed E-state index contributed by atoms with van der Waals surface area (Å²) < 4.78 is 5.28. The van der Waals surface area contributed by atoms with E-state index in [9.17, 15) is 0 Å². The van der Waals surface area contributed by atoms with Gasteiger partial charge in [-0.3, -0.25) is 0 Å². The molecule has 0 fully saturated rings. The summed E-state index contributed by atoms with van der Waals surface area (Å²) >= 11 is 0. The maximum Gasteiger partial charge on any atom is 0.292 e. The van der Waals surface area contributed by atoms with Crippen LogP contribution in [0, 0.1) is 0 Å². The van der Waals surface area contributed by atoms with Gasteiger partial charge in [-0.25, -0.2) is 4.98 Å². The third-order valence-electron chi connectivity index (χ3n) is 2.19. The van der Waals surface area contributed by atoms with Crippen molar-refractivity contribution in [1.82, 2.24) is 4.98 Å². The molecule has 72 valence electrons. The van der Waals surface area contributed by atoms with Gasteiger partial charge in [-0.15, -0.1) is 0 Å². The van der Waals surface area contributed by atoms with Gasteiger partial charge < -0.3 is 10.2 Å². The fourth-order valence-corrected chi connectivity index (χ4v) is 1.48. The average Bonchev–Trinajstić information content (AvgIpc) is 2.65. The molecule has 1 aromatic carbocycles. The number of rotatable bonds is 2. The Morgan fingerprint density at radius 3 is 2.79 bits per heavy atom. The molecule has 1 aromatic heterocycles. The highest BCUT2D eigenvalue weighted by Crippen LogP contribution is 2.25. The summed E-state index contributed by atoms with van der Waals surface area (Å²) in [6.45, 7) is 2.11. The second-order valence-corrected chi connectivity index (χ2v) is 3.07. The minimum atomic E-state index is 0.214. The molecule has 2 rings (SSSR count). The highest BCUT2D eigenvalue weighted by Gasteiger charge is 2.07. The van der Waals surface area contributed by atoms with E-state index in [4.69, 9.17) is 10.2 Å². The zero-order valence-corrected chi connectivity index (χ0v) is 8.03. The minimum absolute atomic E-state index is 0.214. The summed E-state index contributed by atoms with van der Waals surface area (Å²) in [5.41, 5.74) is 7.74. The van der Waals surface area contributed by atoms with Crippen molar-refractivity contribution in [2.75, 3.05) is 5.73 Å². The molecule has 1 heterocycles. The van der Waals surface area contributed by atoms with Crippen molar-refractivity contribution in [1.29, 1.82) is 0 Å². The predicted octanol–water partition coefficient (Wildman–Crippen LogP) is 2.49. The molecule has 0 bridgehead atoms. The quantitative estimate of drug-likeness (QED) is 0.787. The first kappa shape index (κ1) is 8.81. The highest BCUT2D eigenvalue weighted by atomic mass is 16.4. The number of nitrogens with two attached hydrogens (primary N) is 1. The van der Waals surface area contributed by atoms with Gasteiger partial charge in [0.15, 0.2) is 5.76 Å². The third-order valence-corrected chi connectivity index (χ3v) is 2.19. The normalized spacial score (nSPS) is 10.4. The fourth-order valence-electron chi connectivity index (χ4n) is 1.48. The number of anilines is 1. The number of hydrogen-bond donors (Lipinski definition) is 1. The Morgan fingerprint density at radius 1 is 1.36 bits per heavy atom. The molecule has 0 aliphatic rings. The number of benzene rings is 1. The summed E-state index contributed by atoms with van der Waals surface area (Å²) in [4.78, 5) is 3.88. The maximum atomic E-state index is 5.43. The smallest absolute Gasteiger partial charge is 0.292 e. The Morgan fingerprint density at radius 2 is 2.14 bits per heavy atom. The zero-order chi connectivity index (χ0) is 9.97. The Bertz CT molecular complexity index is 434. The Hall–Kier alpha value is -1.77. The molecule has 0 aliphatic heterocycles. The molecule has 0 aliphatic carbocycles. The molecule has 3 nitrogen and oxygen atoms in total. The van der Waals surface area contributed by atoms with Crippen molar-refractivity contribution in [2.24, 2.45) is 0 Å². The van der Waals surface area contributed by atoms with Crippen molar-refractivity contribution in [3.63, 3.8) is 0 Å². The van der Waals surface area contributed by atoms with E-state index in [0.29, 0.717) is 0 Å². The van der Waals surface area contributed by atoms with Crippen LogP contribution in [0.15, 0.2) is 34.9 Å². The molecule has 2 aromatic rings. The molecule has 14 heavy (non-hydrogen) atoms. The zero-order valence-electron chi connectivity index (χ0n) is 8.03. The molecule has 0 saturated heterocycles. The Kier molecular flexibility index (Phi) is 2.23. The summed E-state index contributed by atoms with van der Waals surface area (Å²) in [6, 6.07) is 8.30. The molecule has 0 radical (unpaired) electrons. The average molecular weight is 188 g/mol. The number of nitrogen functional groups attached to an aromatic ring is 1. The van der Waals surface area contributed by atoms with Crippen LogP contribution in [0.3, 0.4) is 0 Å². The maximum absolute atomic E-state index is 5.43. The summed E-state index contributed by atoms with van der Waals surface area (Å²) in [7, 11) is 0. The van der Waals surface area contributed by atoms with E-state index in [1.165, 1.54) is 5.56 Å². The van der Waals surface area contributed by atoms with E-state index in [-0.39, 0.29) is 6.01 Å². The van der Waals surface area contributed by atoms with Crippen molar-refractivity contribution < 1.29 is 4.42 Å². The molecule has 2 N–H and O–H groups in total. The van der Waals surface area contributed by atoms with Gasteiger partial charge in [0.25, 0.3) is 6.01 Å². The standard InChI is InChI=1S/C11H12N2O/c1-2-8-5-3-4-6-9(8)10-7-13-11(12)14-10/h3-7H,2H2,1H3,(H2,12,13). The molecule has 0 unspecified atom stereocenters. The Labute approximate surface area is 82.6 Å². The first-order chi connectivity index (χ1) is 6.81. The second-order valence-electron chi connectivity index (χ2n) is 3.07.